The van der Waals surface area contributed by atoms with Crippen LogP contribution in [-0.2, 0) is 0 Å². The number of benzene rings is 4. The number of amides is 1. The topological polar surface area (TPSA) is 56.1 Å². The van der Waals surface area contributed by atoms with Crippen molar-refractivity contribution >= 4 is 23.2 Å². The van der Waals surface area contributed by atoms with Crippen LogP contribution in [-0.4, -0.2) is 15.7 Å². The van der Waals surface area contributed by atoms with Crippen molar-refractivity contribution in [2.75, 3.05) is 5.32 Å². The number of carbonyl (C=O) groups excluding carboxylic acids is 1. The second-order valence-electron chi connectivity index (χ2n) is 7.68. The Morgan fingerprint density at radius 2 is 1.49 bits per heavy atom. The molecule has 0 aliphatic rings. The van der Waals surface area contributed by atoms with Crippen LogP contribution in [0.15, 0.2) is 109 Å². The molecule has 0 aliphatic heterocycles. The van der Waals surface area contributed by atoms with Gasteiger partial charge in [-0.1, -0.05) is 41.9 Å². The van der Waals surface area contributed by atoms with Crippen LogP contribution >= 0.6 is 11.6 Å². The van der Waals surface area contributed by atoms with E-state index in [1.54, 1.807) is 59.3 Å². The van der Waals surface area contributed by atoms with Crippen LogP contribution < -0.4 is 10.1 Å². The normalized spacial score (nSPS) is 10.7. The second-order valence-corrected chi connectivity index (χ2v) is 8.09. The molecule has 0 saturated heterocycles. The number of halogens is 2. The number of rotatable bonds is 6. The lowest BCUT2D eigenvalue weighted by Gasteiger charge is -2.09. The summed E-state index contributed by atoms with van der Waals surface area (Å²) >= 11 is 6.40. The predicted molar refractivity (Wildman–Crippen MR) is 135 cm³/mol. The Bertz CT molecular complexity index is 1470. The Morgan fingerprint density at radius 1 is 0.829 bits per heavy atom. The van der Waals surface area contributed by atoms with Gasteiger partial charge in [0.25, 0.3) is 5.91 Å². The number of hydrogen-bond donors (Lipinski definition) is 1. The molecule has 172 valence electrons. The highest BCUT2D eigenvalue weighted by atomic mass is 35.5. The molecule has 7 heteroatoms. The minimum Gasteiger partial charge on any atom is -0.457 e. The zero-order valence-corrected chi connectivity index (χ0v) is 19.1. The molecule has 0 radical (unpaired) electrons. The Balaban J connectivity index is 1.41. The summed E-state index contributed by atoms with van der Waals surface area (Å²) in [6.45, 7) is 0. The number of hydrogen-bond acceptors (Lipinski definition) is 3. The third kappa shape index (κ3) is 5.08. The molecule has 4 aromatic carbocycles. The standard InChI is InChI=1S/C28H19ClFN3O2/c29-24-8-4-5-9-26(24)33-27(19-10-12-20(30)13-11-19)18-25(32-33)28(34)31-21-14-16-23(17-15-21)35-22-6-2-1-3-7-22/h1-18H,(H,31,34). The molecule has 0 saturated carbocycles. The molecule has 0 aliphatic carbocycles. The van der Waals surface area contributed by atoms with Crippen molar-refractivity contribution in [1.29, 1.82) is 0 Å². The summed E-state index contributed by atoms with van der Waals surface area (Å²) in [5.41, 5.74) is 2.69. The van der Waals surface area contributed by atoms with Crippen molar-refractivity contribution in [3.63, 3.8) is 0 Å². The predicted octanol–water partition coefficient (Wildman–Crippen LogP) is 7.38. The Kier molecular flexibility index (Phi) is 6.28. The van der Waals surface area contributed by atoms with E-state index < -0.39 is 5.91 Å². The molecular formula is C28H19ClFN3O2. The average Bonchev–Trinajstić information content (AvgIpc) is 3.32. The summed E-state index contributed by atoms with van der Waals surface area (Å²) in [6, 6.07) is 31.3. The summed E-state index contributed by atoms with van der Waals surface area (Å²) in [5, 5.41) is 7.84. The number of nitrogens with zero attached hydrogens (tertiary/aromatic N) is 2. The lowest BCUT2D eigenvalue weighted by atomic mass is 10.1. The third-order valence-corrected chi connectivity index (χ3v) is 5.57. The van der Waals surface area contributed by atoms with E-state index in [-0.39, 0.29) is 11.5 Å². The van der Waals surface area contributed by atoms with E-state index in [4.69, 9.17) is 16.3 Å². The molecule has 1 amide bonds. The van der Waals surface area contributed by atoms with Gasteiger partial charge in [-0.05, 0) is 78.9 Å². The van der Waals surface area contributed by atoms with Crippen LogP contribution in [0.25, 0.3) is 16.9 Å². The summed E-state index contributed by atoms with van der Waals surface area (Å²) in [5.74, 6) is 0.629. The molecule has 1 N–H and O–H groups in total. The largest absolute Gasteiger partial charge is 0.457 e. The van der Waals surface area contributed by atoms with E-state index in [0.29, 0.717) is 33.4 Å². The maximum atomic E-state index is 13.5. The first-order valence-corrected chi connectivity index (χ1v) is 11.2. The van der Waals surface area contributed by atoms with Crippen molar-refractivity contribution in [2.24, 2.45) is 0 Å². The van der Waals surface area contributed by atoms with E-state index in [1.165, 1.54) is 12.1 Å². The van der Waals surface area contributed by atoms with Crippen molar-refractivity contribution in [2.45, 2.75) is 0 Å². The van der Waals surface area contributed by atoms with Crippen molar-refractivity contribution in [3.05, 3.63) is 126 Å². The first kappa shape index (κ1) is 22.4. The molecule has 1 heterocycles. The summed E-state index contributed by atoms with van der Waals surface area (Å²) in [4.78, 5) is 13.0. The Labute approximate surface area is 206 Å². The van der Waals surface area contributed by atoms with Crippen molar-refractivity contribution in [3.8, 4) is 28.4 Å². The summed E-state index contributed by atoms with van der Waals surface area (Å²) < 4.78 is 20.9. The monoisotopic (exact) mass is 483 g/mol. The first-order valence-electron chi connectivity index (χ1n) is 10.8. The number of anilines is 1. The number of para-hydroxylation sites is 2. The van der Waals surface area contributed by atoms with Gasteiger partial charge in [-0.3, -0.25) is 4.79 Å². The molecular weight excluding hydrogens is 465 g/mol. The highest BCUT2D eigenvalue weighted by molar-refractivity contribution is 6.32. The fraction of sp³-hybridized carbons (Fsp3) is 0. The maximum Gasteiger partial charge on any atom is 0.276 e. The van der Waals surface area contributed by atoms with Gasteiger partial charge >= 0.3 is 0 Å². The molecule has 35 heavy (non-hydrogen) atoms. The van der Waals surface area contributed by atoms with Gasteiger partial charge in [-0.15, -0.1) is 0 Å². The quantitative estimate of drug-likeness (QED) is 0.274. The lowest BCUT2D eigenvalue weighted by molar-refractivity contribution is 0.102. The minimum absolute atomic E-state index is 0.189. The molecule has 0 fully saturated rings. The summed E-state index contributed by atoms with van der Waals surface area (Å²) in [7, 11) is 0. The zero-order valence-electron chi connectivity index (χ0n) is 18.4. The van der Waals surface area contributed by atoms with Crippen LogP contribution in [0.2, 0.25) is 5.02 Å². The zero-order chi connectivity index (χ0) is 24.2. The van der Waals surface area contributed by atoms with Crippen LogP contribution in [0, 0.1) is 5.82 Å². The molecule has 0 bridgehead atoms. The fourth-order valence-corrected chi connectivity index (χ4v) is 3.77. The van der Waals surface area contributed by atoms with E-state index in [1.807, 2.05) is 42.5 Å². The molecule has 0 spiro atoms. The van der Waals surface area contributed by atoms with Gasteiger partial charge in [0.1, 0.15) is 17.3 Å². The van der Waals surface area contributed by atoms with Gasteiger partial charge in [-0.25, -0.2) is 9.07 Å². The number of nitrogens with one attached hydrogen (secondary N) is 1. The maximum absolute atomic E-state index is 13.5. The van der Waals surface area contributed by atoms with Crippen molar-refractivity contribution < 1.29 is 13.9 Å². The molecule has 5 aromatic rings. The molecule has 1 aromatic heterocycles. The van der Waals surface area contributed by atoms with Gasteiger partial charge in [-0.2, -0.15) is 5.10 Å². The highest BCUT2D eigenvalue weighted by Crippen LogP contribution is 2.29. The summed E-state index contributed by atoms with van der Waals surface area (Å²) in [6.07, 6.45) is 0. The average molecular weight is 484 g/mol. The molecule has 5 nitrogen and oxygen atoms in total. The van der Waals surface area contributed by atoms with Crippen molar-refractivity contribution in [1.82, 2.24) is 9.78 Å². The minimum atomic E-state index is -0.393. The lowest BCUT2D eigenvalue weighted by Crippen LogP contribution is -2.13. The van der Waals surface area contributed by atoms with Crippen LogP contribution in [0.1, 0.15) is 10.5 Å². The van der Waals surface area contributed by atoms with Gasteiger partial charge in [0.15, 0.2) is 5.69 Å². The second kappa shape index (κ2) is 9.83. The van der Waals surface area contributed by atoms with Crippen LogP contribution in [0.3, 0.4) is 0 Å². The van der Waals surface area contributed by atoms with E-state index in [0.717, 1.165) is 5.75 Å². The smallest absolute Gasteiger partial charge is 0.276 e. The van der Waals surface area contributed by atoms with Crippen LogP contribution in [0.4, 0.5) is 10.1 Å². The molecule has 0 unspecified atom stereocenters. The van der Waals surface area contributed by atoms with Crippen LogP contribution in [0.5, 0.6) is 11.5 Å². The van der Waals surface area contributed by atoms with E-state index >= 15 is 0 Å². The van der Waals surface area contributed by atoms with Gasteiger partial charge in [0.2, 0.25) is 0 Å². The highest BCUT2D eigenvalue weighted by Gasteiger charge is 2.18. The van der Waals surface area contributed by atoms with E-state index in [2.05, 4.69) is 10.4 Å². The van der Waals surface area contributed by atoms with Gasteiger partial charge in [0.05, 0.1) is 16.4 Å². The third-order valence-electron chi connectivity index (χ3n) is 5.25. The Morgan fingerprint density at radius 3 is 2.20 bits per heavy atom. The number of carbonyl (C=O) groups is 1. The Hall–Kier alpha value is -4.42. The van der Waals surface area contributed by atoms with E-state index in [9.17, 15) is 9.18 Å². The fourth-order valence-electron chi connectivity index (χ4n) is 3.55. The molecule has 5 rings (SSSR count). The number of aromatic nitrogens is 2. The van der Waals surface area contributed by atoms with Gasteiger partial charge < -0.3 is 10.1 Å². The number of ether oxygens (including phenoxy) is 1. The first-order chi connectivity index (χ1) is 17.1. The molecule has 0 atom stereocenters. The SMILES string of the molecule is O=C(Nc1ccc(Oc2ccccc2)cc1)c1cc(-c2ccc(F)cc2)n(-c2ccccc2Cl)n1. The van der Waals surface area contributed by atoms with Gasteiger partial charge in [0, 0.05) is 11.3 Å².